The molecule has 28 heavy (non-hydrogen) atoms. The zero-order valence-electron chi connectivity index (χ0n) is 15.0. The highest BCUT2D eigenvalue weighted by Gasteiger charge is 2.36. The number of carboxylic acids is 2. The molecule has 0 saturated heterocycles. The van der Waals surface area contributed by atoms with E-state index in [1.165, 1.54) is 36.0 Å². The molecule has 0 saturated carbocycles. The standard InChI is InChI=1S/C18H21N3O6S/c1-2-3-10-8-28-16(21-13(10)17(24)25)14(18(26)27)20-15(23)12(19)9-4-6-11(22)7-5-9/h2-7,12,14,16,21-22H,8,19H2,1H3,(H,20,23)(H,24,25)(H,26,27)/b3-2+/t12-,14-,16+/m0/s1. The number of thioether (sulfide) groups is 1. The lowest BCUT2D eigenvalue weighted by atomic mass is 10.1. The molecule has 2 rings (SSSR count). The molecule has 1 heterocycles. The third-order valence-electron chi connectivity index (χ3n) is 4.01. The van der Waals surface area contributed by atoms with Crippen molar-refractivity contribution in [2.24, 2.45) is 5.73 Å². The normalized spacial score (nSPS) is 19.0. The van der Waals surface area contributed by atoms with Crippen molar-refractivity contribution in [3.8, 4) is 5.75 Å². The first-order valence-corrected chi connectivity index (χ1v) is 9.34. The number of hydrogen-bond acceptors (Lipinski definition) is 7. The topological polar surface area (TPSA) is 162 Å². The van der Waals surface area contributed by atoms with E-state index in [4.69, 9.17) is 5.73 Å². The Labute approximate surface area is 165 Å². The van der Waals surface area contributed by atoms with Crippen LogP contribution in [0.4, 0.5) is 0 Å². The van der Waals surface area contributed by atoms with Gasteiger partial charge in [-0.1, -0.05) is 24.3 Å². The smallest absolute Gasteiger partial charge is 0.352 e. The van der Waals surface area contributed by atoms with Gasteiger partial charge < -0.3 is 31.7 Å². The summed E-state index contributed by atoms with van der Waals surface area (Å²) < 4.78 is 0. The number of phenols is 1. The Morgan fingerprint density at radius 2 is 1.93 bits per heavy atom. The van der Waals surface area contributed by atoms with Crippen LogP contribution in [0.15, 0.2) is 47.7 Å². The molecule has 1 aliphatic rings. The summed E-state index contributed by atoms with van der Waals surface area (Å²) in [5.74, 6) is -2.99. The number of nitrogens with one attached hydrogen (secondary N) is 2. The monoisotopic (exact) mass is 407 g/mol. The maximum absolute atomic E-state index is 12.4. The number of phenolic OH excluding ortho intramolecular Hbond substituents is 1. The van der Waals surface area contributed by atoms with Gasteiger partial charge >= 0.3 is 11.9 Å². The fourth-order valence-corrected chi connectivity index (χ4v) is 3.76. The molecule has 0 radical (unpaired) electrons. The lowest BCUT2D eigenvalue weighted by molar-refractivity contribution is -0.142. The second-order valence-corrected chi connectivity index (χ2v) is 7.10. The molecule has 3 atom stereocenters. The molecule has 0 bridgehead atoms. The number of carbonyl (C=O) groups excluding carboxylic acids is 1. The van der Waals surface area contributed by atoms with Crippen LogP contribution in [0.3, 0.4) is 0 Å². The Balaban J connectivity index is 2.17. The number of carbonyl (C=O) groups is 3. The molecular weight excluding hydrogens is 386 g/mol. The minimum atomic E-state index is -1.40. The van der Waals surface area contributed by atoms with Crippen molar-refractivity contribution in [3.05, 3.63) is 53.3 Å². The molecule has 1 aliphatic heterocycles. The minimum Gasteiger partial charge on any atom is -0.508 e. The van der Waals surface area contributed by atoms with Gasteiger partial charge in [0.2, 0.25) is 5.91 Å². The molecule has 0 unspecified atom stereocenters. The summed E-state index contributed by atoms with van der Waals surface area (Å²) in [4.78, 5) is 35.6. The van der Waals surface area contributed by atoms with Crippen molar-refractivity contribution < 1.29 is 29.7 Å². The Hall–Kier alpha value is -2.98. The number of amides is 1. The van der Waals surface area contributed by atoms with E-state index in [9.17, 15) is 29.7 Å². The molecule has 0 spiro atoms. The number of nitrogens with two attached hydrogens (primary N) is 1. The van der Waals surface area contributed by atoms with Gasteiger partial charge in [-0.25, -0.2) is 9.59 Å². The largest absolute Gasteiger partial charge is 0.508 e. The van der Waals surface area contributed by atoms with Gasteiger partial charge in [-0.15, -0.1) is 11.8 Å². The molecule has 0 aromatic heterocycles. The second-order valence-electron chi connectivity index (χ2n) is 5.98. The third-order valence-corrected chi connectivity index (χ3v) is 5.24. The van der Waals surface area contributed by atoms with Crippen molar-refractivity contribution in [1.82, 2.24) is 10.6 Å². The molecule has 1 amide bonds. The van der Waals surface area contributed by atoms with Crippen LogP contribution in [0.25, 0.3) is 0 Å². The van der Waals surface area contributed by atoms with E-state index in [1.54, 1.807) is 19.1 Å². The Kier molecular flexibility index (Phi) is 7.07. The van der Waals surface area contributed by atoms with Crippen LogP contribution >= 0.6 is 11.8 Å². The average Bonchev–Trinajstić information content (AvgIpc) is 2.66. The van der Waals surface area contributed by atoms with Crippen LogP contribution in [-0.4, -0.2) is 50.3 Å². The highest BCUT2D eigenvalue weighted by Crippen LogP contribution is 2.26. The van der Waals surface area contributed by atoms with Crippen molar-refractivity contribution in [2.45, 2.75) is 24.4 Å². The van der Waals surface area contributed by atoms with Gasteiger partial charge in [0.15, 0.2) is 6.04 Å². The molecule has 10 heteroatoms. The number of aliphatic carboxylic acids is 2. The number of carboxylic acid groups (broad SMARTS) is 2. The van der Waals surface area contributed by atoms with E-state index in [2.05, 4.69) is 10.6 Å². The zero-order valence-corrected chi connectivity index (χ0v) is 15.8. The van der Waals surface area contributed by atoms with Gasteiger partial charge in [-0.05, 0) is 30.2 Å². The summed E-state index contributed by atoms with van der Waals surface area (Å²) in [7, 11) is 0. The molecular formula is C18H21N3O6S. The van der Waals surface area contributed by atoms with E-state index in [1.807, 2.05) is 0 Å². The van der Waals surface area contributed by atoms with Gasteiger partial charge in [0.05, 0.1) is 0 Å². The molecule has 0 fully saturated rings. The molecule has 1 aromatic rings. The summed E-state index contributed by atoms with van der Waals surface area (Å²) in [5.41, 5.74) is 6.69. The fourth-order valence-electron chi connectivity index (χ4n) is 2.58. The maximum Gasteiger partial charge on any atom is 0.352 e. The number of allylic oxidation sites excluding steroid dienone is 2. The molecule has 7 N–H and O–H groups in total. The highest BCUT2D eigenvalue weighted by atomic mass is 32.2. The van der Waals surface area contributed by atoms with Gasteiger partial charge in [0.25, 0.3) is 0 Å². The maximum atomic E-state index is 12.4. The van der Waals surface area contributed by atoms with E-state index in [0.29, 0.717) is 11.1 Å². The molecule has 1 aromatic carbocycles. The van der Waals surface area contributed by atoms with Crippen LogP contribution in [0.1, 0.15) is 18.5 Å². The van der Waals surface area contributed by atoms with Gasteiger partial charge in [0.1, 0.15) is 22.9 Å². The average molecular weight is 407 g/mol. The predicted molar refractivity (Wildman–Crippen MR) is 103 cm³/mol. The highest BCUT2D eigenvalue weighted by molar-refractivity contribution is 8.00. The van der Waals surface area contributed by atoms with E-state index in [-0.39, 0.29) is 17.2 Å². The number of aromatic hydroxyl groups is 1. The fraction of sp³-hybridized carbons (Fsp3) is 0.278. The van der Waals surface area contributed by atoms with E-state index < -0.39 is 35.3 Å². The Morgan fingerprint density at radius 1 is 1.29 bits per heavy atom. The van der Waals surface area contributed by atoms with Crippen LogP contribution in [0, 0.1) is 0 Å². The minimum absolute atomic E-state index is 0.00694. The SMILES string of the molecule is C/C=C/C1=C(C(=O)O)N[C@@H]([C@H](NC(=O)[C@@H](N)c2ccc(O)cc2)C(=O)O)SC1. The first-order valence-electron chi connectivity index (χ1n) is 8.29. The summed E-state index contributed by atoms with van der Waals surface area (Å²) in [6, 6.07) is 3.09. The lowest BCUT2D eigenvalue weighted by Crippen LogP contribution is -2.56. The van der Waals surface area contributed by atoms with Crippen molar-refractivity contribution in [2.75, 3.05) is 5.75 Å². The van der Waals surface area contributed by atoms with Crippen LogP contribution in [0.2, 0.25) is 0 Å². The molecule has 0 aliphatic carbocycles. The van der Waals surface area contributed by atoms with Crippen molar-refractivity contribution >= 4 is 29.6 Å². The van der Waals surface area contributed by atoms with E-state index in [0.717, 1.165) is 0 Å². The third kappa shape index (κ3) is 5.05. The first-order chi connectivity index (χ1) is 13.2. The second kappa shape index (κ2) is 9.29. The van der Waals surface area contributed by atoms with E-state index >= 15 is 0 Å². The van der Waals surface area contributed by atoms with Crippen molar-refractivity contribution in [1.29, 1.82) is 0 Å². The Bertz CT molecular complexity index is 821. The van der Waals surface area contributed by atoms with Crippen LogP contribution < -0.4 is 16.4 Å². The Morgan fingerprint density at radius 3 is 2.46 bits per heavy atom. The number of hydrogen-bond donors (Lipinski definition) is 6. The van der Waals surface area contributed by atoms with Crippen LogP contribution in [0.5, 0.6) is 5.75 Å². The summed E-state index contributed by atoms with van der Waals surface area (Å²) in [6.07, 6.45) is 3.32. The summed E-state index contributed by atoms with van der Waals surface area (Å²) >= 11 is 1.17. The van der Waals surface area contributed by atoms with Gasteiger partial charge in [-0.2, -0.15) is 0 Å². The summed E-state index contributed by atoms with van der Waals surface area (Å²) in [6.45, 7) is 1.74. The van der Waals surface area contributed by atoms with Crippen LogP contribution in [-0.2, 0) is 14.4 Å². The van der Waals surface area contributed by atoms with Gasteiger partial charge in [-0.3, -0.25) is 4.79 Å². The first kappa shape index (κ1) is 21.3. The van der Waals surface area contributed by atoms with Crippen molar-refractivity contribution in [3.63, 3.8) is 0 Å². The zero-order chi connectivity index (χ0) is 20.8. The number of rotatable bonds is 7. The predicted octanol–water partition coefficient (Wildman–Crippen LogP) is 0.539. The number of benzene rings is 1. The molecule has 9 nitrogen and oxygen atoms in total. The quantitative estimate of drug-likeness (QED) is 0.379. The lowest BCUT2D eigenvalue weighted by Gasteiger charge is -2.31. The molecule has 150 valence electrons. The summed E-state index contributed by atoms with van der Waals surface area (Å²) in [5, 5.41) is 32.4. The van der Waals surface area contributed by atoms with Gasteiger partial charge in [0, 0.05) is 5.75 Å².